The van der Waals surface area contributed by atoms with E-state index in [0.29, 0.717) is 25.7 Å². The third-order valence-corrected chi connectivity index (χ3v) is 12.0. The first kappa shape index (κ1) is 59.9. The van der Waals surface area contributed by atoms with Crippen LogP contribution in [0.5, 0.6) is 0 Å². The van der Waals surface area contributed by atoms with Gasteiger partial charge in [0.15, 0.2) is 6.10 Å². The van der Waals surface area contributed by atoms with Gasteiger partial charge >= 0.3 is 27.6 Å². The Hall–Kier alpha value is -2.08. The van der Waals surface area contributed by atoms with E-state index in [9.17, 15) is 49.1 Å². The van der Waals surface area contributed by atoms with Crippen molar-refractivity contribution in [3.05, 3.63) is 48.6 Å². The fourth-order valence-electron chi connectivity index (χ4n) is 6.86. The zero-order valence-corrected chi connectivity index (χ0v) is 39.9. The molecule has 1 fully saturated rings. The third-order valence-electron chi connectivity index (χ3n) is 10.5. The molecule has 1 saturated carbocycles. The topological polar surface area (TPSA) is 276 Å². The fraction of sp³-hybridized carbons (Fsp3) is 0.778. The summed E-state index contributed by atoms with van der Waals surface area (Å²) in [6.45, 7) is 2.85. The number of aliphatic hydroxyl groups excluding tert-OH is 5. The lowest BCUT2D eigenvalue weighted by Crippen LogP contribution is -2.64. The van der Waals surface area contributed by atoms with Gasteiger partial charge in [-0.15, -0.1) is 0 Å². The normalized spacial score (nSPS) is 22.7. The first-order valence-corrected chi connectivity index (χ1v) is 26.3. The Morgan fingerprint density at radius 1 is 0.562 bits per heavy atom. The number of phosphoric ester groups is 2. The Bertz CT molecular complexity index is 1450. The van der Waals surface area contributed by atoms with Crippen molar-refractivity contribution >= 4 is 27.6 Å². The summed E-state index contributed by atoms with van der Waals surface area (Å²) in [5, 5.41) is 50.9. The maximum absolute atomic E-state index is 13.0. The number of rotatable bonds is 38. The molecule has 0 aliphatic heterocycles. The number of carbonyl (C=O) groups is 2. The molecule has 1 rings (SSSR count). The van der Waals surface area contributed by atoms with E-state index in [1.807, 2.05) is 37.3 Å². The first-order valence-electron chi connectivity index (χ1n) is 23.3. The fourth-order valence-corrected chi connectivity index (χ4v) is 8.40. The van der Waals surface area contributed by atoms with Crippen molar-refractivity contribution in [1.29, 1.82) is 0 Å². The van der Waals surface area contributed by atoms with Crippen molar-refractivity contribution in [2.75, 3.05) is 13.2 Å². The molecular formula is C45H80O17P2. The summed E-state index contributed by atoms with van der Waals surface area (Å²) in [5.41, 5.74) is 0. The Morgan fingerprint density at radius 2 is 1.05 bits per heavy atom. The van der Waals surface area contributed by atoms with Crippen molar-refractivity contribution in [2.24, 2.45) is 0 Å². The molecule has 1 aliphatic carbocycles. The minimum Gasteiger partial charge on any atom is -0.462 e. The van der Waals surface area contributed by atoms with E-state index in [4.69, 9.17) is 28.3 Å². The summed E-state index contributed by atoms with van der Waals surface area (Å²) in [6, 6.07) is 0. The van der Waals surface area contributed by atoms with Crippen LogP contribution in [-0.4, -0.2) is 114 Å². The van der Waals surface area contributed by atoms with Crippen molar-refractivity contribution < 1.29 is 82.0 Å². The molecule has 17 nitrogen and oxygen atoms in total. The largest absolute Gasteiger partial charge is 0.472 e. The monoisotopic (exact) mass is 954 g/mol. The Kier molecular flexibility index (Phi) is 33.7. The number of unbranched alkanes of at least 4 members (excludes halogenated alkanes) is 13. The minimum atomic E-state index is -5.37. The number of esters is 2. The molecule has 0 heterocycles. The molecule has 19 heteroatoms. The van der Waals surface area contributed by atoms with Gasteiger partial charge < -0.3 is 49.7 Å². The standard InChI is InChI=1S/C45H80O17P2/c1-3-5-6-7-8-9-10-12-17-20-23-26-29-33-39(48)60-37(35-59-64(56,57)62-45-42(51)40(49)41(50)44(43(45)52)61-63(53,54)55)34-58-38(47)32-28-25-22-19-16-14-11-13-15-18-21-24-27-31-36(46)30-4-2/h11,14-15,18-19,22,24,27,36-37,40-46,49-52H,3-10,12-13,16-17,20-21,23,25-26,28-35H2,1-2H3,(H,56,57)(H2,53,54,55)/b14-11-,18-15-,22-19-,27-24-/t36?,37-,40?,41?,42?,43?,44-,45+/m1/s1. The van der Waals surface area contributed by atoms with Crippen molar-refractivity contribution in [1.82, 2.24) is 0 Å². The number of hydrogen-bond acceptors (Lipinski definition) is 14. The minimum absolute atomic E-state index is 0.0264. The number of carbonyl (C=O) groups excluding carboxylic acids is 2. The van der Waals surface area contributed by atoms with Crippen LogP contribution in [0, 0.1) is 0 Å². The molecule has 0 radical (unpaired) electrons. The molecule has 9 atom stereocenters. The van der Waals surface area contributed by atoms with E-state index >= 15 is 0 Å². The molecule has 6 unspecified atom stereocenters. The maximum atomic E-state index is 13.0. The SMILES string of the molecule is CCCCCCCCCCCCCCCC(=O)O[C@H](COC(=O)CCC/C=C\C/C=C\C/C=C\C/C=C\CC(O)CCC)COP(=O)(O)O[C@H]1C(O)C(O)C(O)[C@@H](OP(=O)(O)O)C1O. The molecule has 0 amide bonds. The van der Waals surface area contributed by atoms with Crippen LogP contribution in [0.15, 0.2) is 48.6 Å². The summed E-state index contributed by atoms with van der Waals surface area (Å²) in [4.78, 5) is 54.2. The van der Waals surface area contributed by atoms with Crippen LogP contribution >= 0.6 is 15.6 Å². The summed E-state index contributed by atoms with van der Waals surface area (Å²) < 4.78 is 49.2. The van der Waals surface area contributed by atoms with E-state index in [0.717, 1.165) is 57.8 Å². The lowest BCUT2D eigenvalue weighted by Gasteiger charge is -2.43. The lowest BCUT2D eigenvalue weighted by atomic mass is 9.85. The zero-order valence-electron chi connectivity index (χ0n) is 38.1. The highest BCUT2D eigenvalue weighted by Crippen LogP contribution is 2.49. The van der Waals surface area contributed by atoms with Gasteiger partial charge in [0.05, 0.1) is 12.7 Å². The van der Waals surface area contributed by atoms with Crippen molar-refractivity contribution in [3.63, 3.8) is 0 Å². The molecule has 372 valence electrons. The van der Waals surface area contributed by atoms with Gasteiger partial charge in [-0.1, -0.05) is 146 Å². The molecule has 64 heavy (non-hydrogen) atoms. The molecule has 0 spiro atoms. The quantitative estimate of drug-likeness (QED) is 0.0129. The second-order valence-corrected chi connectivity index (χ2v) is 18.9. The van der Waals surface area contributed by atoms with Gasteiger partial charge in [-0.25, -0.2) is 9.13 Å². The molecule has 0 aromatic rings. The third kappa shape index (κ3) is 30.3. The Morgan fingerprint density at radius 3 is 1.58 bits per heavy atom. The summed E-state index contributed by atoms with van der Waals surface area (Å²) in [7, 11) is -10.7. The van der Waals surface area contributed by atoms with Gasteiger partial charge in [-0.3, -0.25) is 23.2 Å². The zero-order chi connectivity index (χ0) is 47.6. The predicted molar refractivity (Wildman–Crippen MR) is 243 cm³/mol. The number of aliphatic hydroxyl groups is 5. The summed E-state index contributed by atoms with van der Waals surface area (Å²) >= 11 is 0. The molecule has 1 aliphatic rings. The highest BCUT2D eigenvalue weighted by atomic mass is 31.2. The van der Waals surface area contributed by atoms with Crippen molar-refractivity contribution in [2.45, 2.75) is 210 Å². The number of phosphoric acid groups is 2. The van der Waals surface area contributed by atoms with E-state index in [1.165, 1.54) is 51.4 Å². The molecular weight excluding hydrogens is 874 g/mol. The van der Waals surface area contributed by atoms with Crippen LogP contribution in [0.3, 0.4) is 0 Å². The van der Waals surface area contributed by atoms with Crippen LogP contribution in [-0.2, 0) is 41.8 Å². The predicted octanol–water partition coefficient (Wildman–Crippen LogP) is 7.48. The number of allylic oxidation sites excluding steroid dienone is 7. The van der Waals surface area contributed by atoms with E-state index in [1.54, 1.807) is 0 Å². The van der Waals surface area contributed by atoms with Crippen LogP contribution in [0.1, 0.15) is 162 Å². The Labute approximate surface area is 380 Å². The maximum Gasteiger partial charge on any atom is 0.472 e. The lowest BCUT2D eigenvalue weighted by molar-refractivity contribution is -0.216. The molecule has 0 aromatic heterocycles. The average Bonchev–Trinajstić information content (AvgIpc) is 3.24. The number of ether oxygens (including phenoxy) is 2. The number of hydrogen-bond donors (Lipinski definition) is 8. The van der Waals surface area contributed by atoms with Crippen LogP contribution < -0.4 is 0 Å². The van der Waals surface area contributed by atoms with Crippen molar-refractivity contribution in [3.8, 4) is 0 Å². The molecule has 8 N–H and O–H groups in total. The van der Waals surface area contributed by atoms with Gasteiger partial charge in [0.25, 0.3) is 0 Å². The van der Waals surface area contributed by atoms with Crippen LogP contribution in [0.2, 0.25) is 0 Å². The van der Waals surface area contributed by atoms with Gasteiger partial charge in [-0.2, -0.15) is 0 Å². The van der Waals surface area contributed by atoms with Gasteiger partial charge in [0, 0.05) is 12.8 Å². The average molecular weight is 955 g/mol. The Balaban J connectivity index is 2.64. The van der Waals surface area contributed by atoms with E-state index < -0.39 is 83.5 Å². The highest BCUT2D eigenvalue weighted by Gasteiger charge is 2.54. The molecule has 0 aromatic carbocycles. The highest BCUT2D eigenvalue weighted by molar-refractivity contribution is 7.47. The summed E-state index contributed by atoms with van der Waals surface area (Å²) in [5.74, 6) is -1.29. The first-order chi connectivity index (χ1) is 30.5. The van der Waals surface area contributed by atoms with E-state index in [2.05, 4.69) is 29.7 Å². The second-order valence-electron chi connectivity index (χ2n) is 16.3. The molecule has 0 bridgehead atoms. The van der Waals surface area contributed by atoms with Gasteiger partial charge in [-0.05, 0) is 51.4 Å². The van der Waals surface area contributed by atoms with Crippen LogP contribution in [0.25, 0.3) is 0 Å². The summed E-state index contributed by atoms with van der Waals surface area (Å²) in [6.07, 6.45) is 21.4. The van der Waals surface area contributed by atoms with Gasteiger partial charge in [0.1, 0.15) is 43.2 Å². The van der Waals surface area contributed by atoms with E-state index in [-0.39, 0.29) is 18.9 Å². The molecule has 0 saturated heterocycles. The second kappa shape index (κ2) is 36.0. The van der Waals surface area contributed by atoms with Crippen LogP contribution in [0.4, 0.5) is 0 Å². The smallest absolute Gasteiger partial charge is 0.462 e. The van der Waals surface area contributed by atoms with Gasteiger partial charge in [0.2, 0.25) is 0 Å².